The fraction of sp³-hybridized carbons (Fsp3) is 0.150. The molecule has 27 heavy (non-hydrogen) atoms. The van der Waals surface area contributed by atoms with Gasteiger partial charge in [-0.05, 0) is 24.3 Å². The van der Waals surface area contributed by atoms with Crippen LogP contribution in [0.3, 0.4) is 0 Å². The lowest BCUT2D eigenvalue weighted by atomic mass is 10.1. The molecule has 0 radical (unpaired) electrons. The summed E-state index contributed by atoms with van der Waals surface area (Å²) in [5.74, 6) is 0.587. The van der Waals surface area contributed by atoms with E-state index in [1.165, 1.54) is 6.20 Å². The molecular formula is C20H16ClN3O3. The minimum absolute atomic E-state index is 0.273. The van der Waals surface area contributed by atoms with Crippen LogP contribution in [0, 0.1) is 0 Å². The molecule has 1 aliphatic rings. The standard InChI is InChI=1S/C20H16ClN3O3/c21-16-3-1-2-4-18(16)27-19-6-5-13(10-23-19)20(25)24-15-9-14-12-26-8-7-17(14)22-11-15/h1-6,9-11H,7-8,12H2,(H,24,25). The number of halogens is 1. The van der Waals surface area contributed by atoms with E-state index in [4.69, 9.17) is 21.1 Å². The van der Waals surface area contributed by atoms with Crippen molar-refractivity contribution < 1.29 is 14.3 Å². The summed E-state index contributed by atoms with van der Waals surface area (Å²) in [4.78, 5) is 21.0. The highest BCUT2D eigenvalue weighted by atomic mass is 35.5. The second-order valence-corrected chi connectivity index (χ2v) is 6.41. The van der Waals surface area contributed by atoms with Gasteiger partial charge in [0.15, 0.2) is 0 Å². The van der Waals surface area contributed by atoms with Crippen molar-refractivity contribution in [2.45, 2.75) is 13.0 Å². The molecule has 0 saturated carbocycles. The van der Waals surface area contributed by atoms with E-state index in [0.29, 0.717) is 41.1 Å². The van der Waals surface area contributed by atoms with Gasteiger partial charge in [-0.2, -0.15) is 0 Å². The maximum Gasteiger partial charge on any atom is 0.257 e. The third-order valence-corrected chi connectivity index (χ3v) is 4.42. The Labute approximate surface area is 161 Å². The Morgan fingerprint density at radius 2 is 2.04 bits per heavy atom. The molecule has 0 unspecified atom stereocenters. The van der Waals surface area contributed by atoms with E-state index in [1.54, 1.807) is 30.5 Å². The number of benzene rings is 1. The van der Waals surface area contributed by atoms with Crippen molar-refractivity contribution in [2.75, 3.05) is 11.9 Å². The summed E-state index contributed by atoms with van der Waals surface area (Å²) in [6.07, 6.45) is 3.90. The van der Waals surface area contributed by atoms with Gasteiger partial charge in [0.2, 0.25) is 5.88 Å². The minimum atomic E-state index is -0.273. The molecule has 0 fully saturated rings. The molecule has 1 aliphatic heterocycles. The molecule has 3 heterocycles. The lowest BCUT2D eigenvalue weighted by Crippen LogP contribution is -2.15. The zero-order chi connectivity index (χ0) is 18.6. The van der Waals surface area contributed by atoms with Gasteiger partial charge >= 0.3 is 0 Å². The first kappa shape index (κ1) is 17.5. The second-order valence-electron chi connectivity index (χ2n) is 6.00. The van der Waals surface area contributed by atoms with Gasteiger partial charge < -0.3 is 14.8 Å². The zero-order valence-electron chi connectivity index (χ0n) is 14.3. The average molecular weight is 382 g/mol. The molecule has 7 heteroatoms. The Bertz CT molecular complexity index is 976. The number of ether oxygens (including phenoxy) is 2. The predicted molar refractivity (Wildman–Crippen MR) is 101 cm³/mol. The molecule has 0 bridgehead atoms. The van der Waals surface area contributed by atoms with E-state index in [0.717, 1.165) is 17.7 Å². The number of aromatic nitrogens is 2. The van der Waals surface area contributed by atoms with Crippen molar-refractivity contribution in [1.82, 2.24) is 9.97 Å². The van der Waals surface area contributed by atoms with Gasteiger partial charge in [-0.1, -0.05) is 23.7 Å². The zero-order valence-corrected chi connectivity index (χ0v) is 15.1. The summed E-state index contributed by atoms with van der Waals surface area (Å²) in [6, 6.07) is 12.3. The van der Waals surface area contributed by atoms with Gasteiger partial charge in [0.25, 0.3) is 5.91 Å². The van der Waals surface area contributed by atoms with Gasteiger partial charge in [0.05, 0.1) is 35.7 Å². The predicted octanol–water partition coefficient (Wildman–Crippen LogP) is 4.25. The first-order chi connectivity index (χ1) is 13.2. The number of rotatable bonds is 4. The minimum Gasteiger partial charge on any atom is -0.437 e. The largest absolute Gasteiger partial charge is 0.437 e. The Hall–Kier alpha value is -2.96. The SMILES string of the molecule is O=C(Nc1cnc2c(c1)COCC2)c1ccc(Oc2ccccc2Cl)nc1. The van der Waals surface area contributed by atoms with Crippen LogP contribution in [-0.2, 0) is 17.8 Å². The molecule has 2 aromatic heterocycles. The van der Waals surface area contributed by atoms with E-state index in [1.807, 2.05) is 18.2 Å². The smallest absolute Gasteiger partial charge is 0.257 e. The number of fused-ring (bicyclic) bond motifs is 1. The highest BCUT2D eigenvalue weighted by molar-refractivity contribution is 6.32. The van der Waals surface area contributed by atoms with Crippen molar-refractivity contribution in [2.24, 2.45) is 0 Å². The first-order valence-electron chi connectivity index (χ1n) is 8.44. The summed E-state index contributed by atoms with van der Waals surface area (Å²) < 4.78 is 11.1. The highest BCUT2D eigenvalue weighted by Gasteiger charge is 2.13. The number of hydrogen-bond acceptors (Lipinski definition) is 5. The van der Waals surface area contributed by atoms with E-state index < -0.39 is 0 Å². The molecule has 0 aliphatic carbocycles. The van der Waals surface area contributed by atoms with E-state index in [9.17, 15) is 4.79 Å². The van der Waals surface area contributed by atoms with Crippen LogP contribution < -0.4 is 10.1 Å². The number of para-hydroxylation sites is 1. The normalized spacial score (nSPS) is 12.9. The molecule has 6 nitrogen and oxygen atoms in total. The van der Waals surface area contributed by atoms with Gasteiger partial charge in [0.1, 0.15) is 5.75 Å². The number of amides is 1. The monoisotopic (exact) mass is 381 g/mol. The third kappa shape index (κ3) is 4.07. The Kier molecular flexibility index (Phi) is 5.00. The van der Waals surface area contributed by atoms with E-state index in [-0.39, 0.29) is 5.91 Å². The summed E-state index contributed by atoms with van der Waals surface area (Å²) >= 11 is 6.06. The first-order valence-corrected chi connectivity index (χ1v) is 8.82. The number of carbonyl (C=O) groups is 1. The summed E-state index contributed by atoms with van der Waals surface area (Å²) in [5.41, 5.74) is 3.05. The Balaban J connectivity index is 1.44. The van der Waals surface area contributed by atoms with Crippen LogP contribution in [0.4, 0.5) is 5.69 Å². The van der Waals surface area contributed by atoms with Crippen molar-refractivity contribution in [3.8, 4) is 11.6 Å². The van der Waals surface area contributed by atoms with Crippen molar-refractivity contribution >= 4 is 23.2 Å². The molecule has 0 spiro atoms. The fourth-order valence-corrected chi connectivity index (χ4v) is 2.90. The summed E-state index contributed by atoms with van der Waals surface area (Å²) in [6.45, 7) is 1.20. The van der Waals surface area contributed by atoms with Crippen LogP contribution in [-0.4, -0.2) is 22.5 Å². The maximum absolute atomic E-state index is 12.4. The summed E-state index contributed by atoms with van der Waals surface area (Å²) in [5, 5.41) is 3.32. The van der Waals surface area contributed by atoms with Gasteiger partial charge in [-0.25, -0.2) is 4.98 Å². The molecule has 0 atom stereocenters. The molecule has 136 valence electrons. The topological polar surface area (TPSA) is 73.3 Å². The second kappa shape index (κ2) is 7.73. The molecule has 4 rings (SSSR count). The highest BCUT2D eigenvalue weighted by Crippen LogP contribution is 2.27. The number of nitrogens with zero attached hydrogens (tertiary/aromatic N) is 2. The van der Waals surface area contributed by atoms with E-state index in [2.05, 4.69) is 15.3 Å². The van der Waals surface area contributed by atoms with Crippen molar-refractivity contribution in [3.63, 3.8) is 0 Å². The van der Waals surface area contributed by atoms with Crippen molar-refractivity contribution in [1.29, 1.82) is 0 Å². The average Bonchev–Trinajstić information content (AvgIpc) is 2.70. The summed E-state index contributed by atoms with van der Waals surface area (Å²) in [7, 11) is 0. The Morgan fingerprint density at radius 1 is 1.15 bits per heavy atom. The number of nitrogens with one attached hydrogen (secondary N) is 1. The molecule has 3 aromatic rings. The molecule has 1 aromatic carbocycles. The van der Waals surface area contributed by atoms with Crippen LogP contribution in [0.25, 0.3) is 0 Å². The van der Waals surface area contributed by atoms with Crippen LogP contribution in [0.5, 0.6) is 11.6 Å². The maximum atomic E-state index is 12.4. The van der Waals surface area contributed by atoms with Crippen LogP contribution in [0.15, 0.2) is 54.9 Å². The quantitative estimate of drug-likeness (QED) is 0.731. The van der Waals surface area contributed by atoms with Crippen LogP contribution in [0.2, 0.25) is 5.02 Å². The molecule has 1 amide bonds. The number of carbonyl (C=O) groups excluding carboxylic acids is 1. The van der Waals surface area contributed by atoms with Gasteiger partial charge in [0, 0.05) is 29.9 Å². The molecule has 1 N–H and O–H groups in total. The lowest BCUT2D eigenvalue weighted by molar-refractivity contribution is 0.102. The van der Waals surface area contributed by atoms with Gasteiger partial charge in [-0.3, -0.25) is 9.78 Å². The van der Waals surface area contributed by atoms with Crippen molar-refractivity contribution in [3.05, 3.63) is 76.7 Å². The Morgan fingerprint density at radius 3 is 2.85 bits per heavy atom. The number of pyridine rings is 2. The van der Waals surface area contributed by atoms with Gasteiger partial charge in [-0.15, -0.1) is 0 Å². The number of anilines is 1. The number of hydrogen-bond donors (Lipinski definition) is 1. The molecular weight excluding hydrogens is 366 g/mol. The third-order valence-electron chi connectivity index (χ3n) is 4.11. The lowest BCUT2D eigenvalue weighted by Gasteiger charge is -2.16. The fourth-order valence-electron chi connectivity index (χ4n) is 2.73. The molecule has 0 saturated heterocycles. The van der Waals surface area contributed by atoms with Crippen LogP contribution in [0.1, 0.15) is 21.6 Å². The van der Waals surface area contributed by atoms with E-state index >= 15 is 0 Å². The van der Waals surface area contributed by atoms with Crippen LogP contribution >= 0.6 is 11.6 Å².